The van der Waals surface area contributed by atoms with Gasteiger partial charge in [-0.15, -0.1) is 0 Å². The van der Waals surface area contributed by atoms with Crippen LogP contribution in [-0.2, 0) is 4.79 Å². The summed E-state index contributed by atoms with van der Waals surface area (Å²) >= 11 is 3.37. The fraction of sp³-hybridized carbons (Fsp3) is 0.250. The van der Waals surface area contributed by atoms with Crippen molar-refractivity contribution in [3.05, 3.63) is 64.1 Å². The molecule has 132 valence electrons. The third-order valence-corrected chi connectivity index (χ3v) is 5.51. The summed E-state index contributed by atoms with van der Waals surface area (Å²) in [4.78, 5) is 39.0. The first kappa shape index (κ1) is 17.0. The van der Waals surface area contributed by atoms with Gasteiger partial charge in [0, 0.05) is 16.6 Å². The zero-order valence-electron chi connectivity index (χ0n) is 14.0. The van der Waals surface area contributed by atoms with E-state index in [1.807, 2.05) is 24.3 Å². The van der Waals surface area contributed by atoms with E-state index in [1.54, 1.807) is 24.3 Å². The van der Waals surface area contributed by atoms with Crippen LogP contribution in [0.25, 0.3) is 0 Å². The summed E-state index contributed by atoms with van der Waals surface area (Å²) in [6.45, 7) is 0. The largest absolute Gasteiger partial charge is 0.326 e. The molecule has 0 spiro atoms. The first-order valence-corrected chi connectivity index (χ1v) is 9.33. The molecule has 0 bridgehead atoms. The molecule has 4 rings (SSSR count). The van der Waals surface area contributed by atoms with Gasteiger partial charge < -0.3 is 5.32 Å². The second-order valence-corrected chi connectivity index (χ2v) is 7.69. The maximum Gasteiger partial charge on any atom is 0.262 e. The molecule has 0 radical (unpaired) electrons. The Hall–Kier alpha value is -2.47. The summed E-state index contributed by atoms with van der Waals surface area (Å²) in [7, 11) is 0. The molecule has 1 aliphatic carbocycles. The van der Waals surface area contributed by atoms with E-state index in [0.717, 1.165) is 23.0 Å². The van der Waals surface area contributed by atoms with Crippen molar-refractivity contribution in [2.45, 2.75) is 31.2 Å². The van der Waals surface area contributed by atoms with Crippen LogP contribution in [0, 0.1) is 0 Å². The molecular weight excluding hydrogens is 396 g/mol. The van der Waals surface area contributed by atoms with E-state index in [9.17, 15) is 14.4 Å². The summed E-state index contributed by atoms with van der Waals surface area (Å²) in [6.07, 6.45) is 2.25. The molecule has 0 aromatic heterocycles. The van der Waals surface area contributed by atoms with Gasteiger partial charge in [0.15, 0.2) is 0 Å². The van der Waals surface area contributed by atoms with Crippen molar-refractivity contribution in [1.29, 1.82) is 0 Å². The molecule has 0 saturated heterocycles. The average Bonchev–Trinajstić information content (AvgIpc) is 3.36. The van der Waals surface area contributed by atoms with Gasteiger partial charge in [-0.25, -0.2) is 0 Å². The molecule has 0 atom stereocenters. The lowest BCUT2D eigenvalue weighted by atomic mass is 10.1. The number of benzene rings is 2. The van der Waals surface area contributed by atoms with Gasteiger partial charge in [0.25, 0.3) is 11.8 Å². The standard InChI is InChI=1S/C20H17BrN2O3/c21-13-4-3-5-14(12-13)22-17(24)8-9-20(10-11-20)23-18(25)15-6-1-2-7-16(15)19(23)26/h1-7,12H,8-11H2,(H,22,24). The van der Waals surface area contributed by atoms with Gasteiger partial charge in [0.05, 0.1) is 16.7 Å². The van der Waals surface area contributed by atoms with E-state index < -0.39 is 5.54 Å². The van der Waals surface area contributed by atoms with Crippen LogP contribution in [0.5, 0.6) is 0 Å². The fourth-order valence-electron chi connectivity index (χ4n) is 3.49. The molecular formula is C20H17BrN2O3. The minimum atomic E-state index is -0.512. The van der Waals surface area contributed by atoms with Crippen molar-refractivity contribution >= 4 is 39.3 Å². The number of halogens is 1. The summed E-state index contributed by atoms with van der Waals surface area (Å²) < 4.78 is 0.889. The molecule has 1 fully saturated rings. The van der Waals surface area contributed by atoms with Gasteiger partial charge in [-0.2, -0.15) is 0 Å². The predicted molar refractivity (Wildman–Crippen MR) is 101 cm³/mol. The molecule has 2 aliphatic rings. The van der Waals surface area contributed by atoms with Gasteiger partial charge in [-0.1, -0.05) is 34.1 Å². The number of nitrogens with zero attached hydrogens (tertiary/aromatic N) is 1. The number of fused-ring (bicyclic) bond motifs is 1. The highest BCUT2D eigenvalue weighted by atomic mass is 79.9. The van der Waals surface area contributed by atoms with Crippen LogP contribution in [-0.4, -0.2) is 28.2 Å². The lowest BCUT2D eigenvalue weighted by molar-refractivity contribution is -0.116. The smallest absolute Gasteiger partial charge is 0.262 e. The third-order valence-electron chi connectivity index (χ3n) is 5.02. The maximum atomic E-state index is 12.7. The number of rotatable bonds is 5. The van der Waals surface area contributed by atoms with Gasteiger partial charge >= 0.3 is 0 Å². The highest BCUT2D eigenvalue weighted by Crippen LogP contribution is 2.48. The summed E-state index contributed by atoms with van der Waals surface area (Å²) in [5.41, 5.74) is 1.13. The zero-order chi connectivity index (χ0) is 18.3. The van der Waals surface area contributed by atoms with Gasteiger partial charge in [0.1, 0.15) is 0 Å². The van der Waals surface area contributed by atoms with Crippen LogP contribution in [0.2, 0.25) is 0 Å². The van der Waals surface area contributed by atoms with Crippen molar-refractivity contribution in [2.75, 3.05) is 5.32 Å². The van der Waals surface area contributed by atoms with E-state index in [1.165, 1.54) is 4.90 Å². The molecule has 6 heteroatoms. The van der Waals surface area contributed by atoms with Crippen LogP contribution in [0.1, 0.15) is 46.4 Å². The van der Waals surface area contributed by atoms with E-state index >= 15 is 0 Å². The maximum absolute atomic E-state index is 12.7. The average molecular weight is 413 g/mol. The van der Waals surface area contributed by atoms with E-state index in [2.05, 4.69) is 21.2 Å². The number of carbonyl (C=O) groups excluding carboxylic acids is 3. The minimum Gasteiger partial charge on any atom is -0.326 e. The van der Waals surface area contributed by atoms with E-state index in [0.29, 0.717) is 17.5 Å². The summed E-state index contributed by atoms with van der Waals surface area (Å²) in [5, 5.41) is 2.86. The van der Waals surface area contributed by atoms with E-state index in [-0.39, 0.29) is 24.1 Å². The SMILES string of the molecule is O=C(CCC1(N2C(=O)c3ccccc3C2=O)CC1)Nc1cccc(Br)c1. The lowest BCUT2D eigenvalue weighted by Crippen LogP contribution is -2.42. The number of anilines is 1. The van der Waals surface area contributed by atoms with Crippen LogP contribution in [0.3, 0.4) is 0 Å². The molecule has 1 heterocycles. The molecule has 3 amide bonds. The minimum absolute atomic E-state index is 0.119. The first-order chi connectivity index (χ1) is 12.5. The predicted octanol–water partition coefficient (Wildman–Crippen LogP) is 4.00. The Morgan fingerprint density at radius 2 is 1.69 bits per heavy atom. The lowest BCUT2D eigenvalue weighted by Gasteiger charge is -2.25. The Morgan fingerprint density at radius 3 is 2.27 bits per heavy atom. The number of carbonyl (C=O) groups is 3. The Balaban J connectivity index is 1.43. The quantitative estimate of drug-likeness (QED) is 0.754. The second kappa shape index (κ2) is 6.36. The van der Waals surface area contributed by atoms with Crippen LogP contribution < -0.4 is 5.32 Å². The Kier molecular flexibility index (Phi) is 4.15. The number of hydrogen-bond donors (Lipinski definition) is 1. The van der Waals surface area contributed by atoms with Crippen molar-refractivity contribution in [3.8, 4) is 0 Å². The zero-order valence-corrected chi connectivity index (χ0v) is 15.6. The fourth-order valence-corrected chi connectivity index (χ4v) is 3.88. The molecule has 5 nitrogen and oxygen atoms in total. The van der Waals surface area contributed by atoms with Gasteiger partial charge in [0.2, 0.25) is 5.91 Å². The molecule has 26 heavy (non-hydrogen) atoms. The molecule has 1 N–H and O–H groups in total. The van der Waals surface area contributed by atoms with Gasteiger partial charge in [-0.3, -0.25) is 19.3 Å². The monoisotopic (exact) mass is 412 g/mol. The van der Waals surface area contributed by atoms with Crippen LogP contribution >= 0.6 is 15.9 Å². The first-order valence-electron chi connectivity index (χ1n) is 8.54. The Labute approximate surface area is 159 Å². The normalized spacial score (nSPS) is 17.2. The third kappa shape index (κ3) is 2.94. The van der Waals surface area contributed by atoms with Crippen LogP contribution in [0.4, 0.5) is 5.69 Å². The Morgan fingerprint density at radius 1 is 1.04 bits per heavy atom. The van der Waals surface area contributed by atoms with Crippen LogP contribution in [0.15, 0.2) is 53.0 Å². The summed E-state index contributed by atoms with van der Waals surface area (Å²) in [5.74, 6) is -0.600. The molecule has 0 unspecified atom stereocenters. The molecule has 2 aromatic rings. The van der Waals surface area contributed by atoms with Crippen molar-refractivity contribution < 1.29 is 14.4 Å². The molecule has 1 saturated carbocycles. The topological polar surface area (TPSA) is 66.5 Å². The van der Waals surface area contributed by atoms with E-state index in [4.69, 9.17) is 0 Å². The number of amides is 3. The van der Waals surface area contributed by atoms with Gasteiger partial charge in [-0.05, 0) is 49.6 Å². The number of imide groups is 1. The molecule has 1 aliphatic heterocycles. The molecule has 2 aromatic carbocycles. The second-order valence-electron chi connectivity index (χ2n) is 6.77. The number of hydrogen-bond acceptors (Lipinski definition) is 3. The highest BCUT2D eigenvalue weighted by molar-refractivity contribution is 9.10. The Bertz CT molecular complexity index is 886. The van der Waals surface area contributed by atoms with Crippen molar-refractivity contribution in [2.24, 2.45) is 0 Å². The van der Waals surface area contributed by atoms with Crippen molar-refractivity contribution in [3.63, 3.8) is 0 Å². The summed E-state index contributed by atoms with van der Waals surface area (Å²) in [6, 6.07) is 14.3. The highest BCUT2D eigenvalue weighted by Gasteiger charge is 2.55. The number of nitrogens with one attached hydrogen (secondary N) is 1. The van der Waals surface area contributed by atoms with Crippen molar-refractivity contribution in [1.82, 2.24) is 4.90 Å².